The summed E-state index contributed by atoms with van der Waals surface area (Å²) >= 11 is 0. The van der Waals surface area contributed by atoms with Gasteiger partial charge in [-0.25, -0.2) is 4.98 Å². The molecule has 6 rings (SSSR count). The summed E-state index contributed by atoms with van der Waals surface area (Å²) in [6.07, 6.45) is 12.2. The van der Waals surface area contributed by atoms with E-state index < -0.39 is 0 Å². The number of fused-ring (bicyclic) bond motifs is 3. The molecule has 39 heavy (non-hydrogen) atoms. The molecule has 0 bridgehead atoms. The average Bonchev–Trinajstić information content (AvgIpc) is 3.56. The Labute approximate surface area is 233 Å². The third kappa shape index (κ3) is 5.20. The highest BCUT2D eigenvalue weighted by Gasteiger charge is 2.28. The van der Waals surface area contributed by atoms with E-state index in [4.69, 9.17) is 4.98 Å². The first kappa shape index (κ1) is 25.7. The fraction of sp³-hybridized carbons (Fsp3) is 0.361. The molecule has 0 amide bonds. The van der Waals surface area contributed by atoms with Gasteiger partial charge in [-0.15, -0.1) is 0 Å². The molecule has 0 spiro atoms. The van der Waals surface area contributed by atoms with Gasteiger partial charge in [-0.1, -0.05) is 85.7 Å². The fourth-order valence-corrected chi connectivity index (χ4v) is 6.98. The van der Waals surface area contributed by atoms with Gasteiger partial charge in [-0.2, -0.15) is 0 Å². The van der Waals surface area contributed by atoms with E-state index in [9.17, 15) is 0 Å². The summed E-state index contributed by atoms with van der Waals surface area (Å²) in [7, 11) is 0. The highest BCUT2D eigenvalue weighted by molar-refractivity contribution is 5.83. The summed E-state index contributed by atoms with van der Waals surface area (Å²) in [6.45, 7) is 12.7. The second kappa shape index (κ2) is 10.9. The summed E-state index contributed by atoms with van der Waals surface area (Å²) < 4.78 is 2.44. The number of hydrogen-bond acceptors (Lipinski definition) is 2. The molecule has 4 aromatic rings. The van der Waals surface area contributed by atoms with Crippen LogP contribution in [0.2, 0.25) is 0 Å². The van der Waals surface area contributed by atoms with E-state index in [-0.39, 0.29) is 0 Å². The SMILES string of the molecule is C=C(NCc1cccc(C)c1)C(c1ccc(Cn2c3c(c4c(C)cc(C)nc42)=CCCC=3)cc1)C1CCCC1. The van der Waals surface area contributed by atoms with Crippen LogP contribution >= 0.6 is 0 Å². The Bertz CT molecular complexity index is 1630. The Morgan fingerprint density at radius 2 is 1.74 bits per heavy atom. The fourth-order valence-electron chi connectivity index (χ4n) is 6.98. The van der Waals surface area contributed by atoms with Gasteiger partial charge in [0.05, 0.1) is 0 Å². The van der Waals surface area contributed by atoms with Gasteiger partial charge in [-0.05, 0) is 80.7 Å². The minimum Gasteiger partial charge on any atom is -0.384 e. The van der Waals surface area contributed by atoms with Gasteiger partial charge >= 0.3 is 0 Å². The van der Waals surface area contributed by atoms with E-state index >= 15 is 0 Å². The van der Waals surface area contributed by atoms with Crippen LogP contribution in [-0.2, 0) is 13.1 Å². The third-order valence-electron chi connectivity index (χ3n) is 8.80. The number of allylic oxidation sites excluding steroid dienone is 1. The molecule has 1 saturated carbocycles. The predicted molar refractivity (Wildman–Crippen MR) is 164 cm³/mol. The molecule has 3 heteroatoms. The molecule has 2 aliphatic rings. The maximum absolute atomic E-state index is 5.01. The van der Waals surface area contributed by atoms with Crippen molar-refractivity contribution in [2.75, 3.05) is 0 Å². The number of aryl methyl sites for hydroxylation is 3. The van der Waals surface area contributed by atoms with Crippen LogP contribution in [0.25, 0.3) is 23.2 Å². The van der Waals surface area contributed by atoms with E-state index in [1.165, 1.54) is 69.5 Å². The molecule has 200 valence electrons. The molecule has 1 fully saturated rings. The van der Waals surface area contributed by atoms with Crippen molar-refractivity contribution >= 4 is 23.2 Å². The Balaban J connectivity index is 1.28. The van der Waals surface area contributed by atoms with Crippen molar-refractivity contribution in [3.63, 3.8) is 0 Å². The van der Waals surface area contributed by atoms with Crippen molar-refractivity contribution in [1.29, 1.82) is 0 Å². The van der Waals surface area contributed by atoms with Crippen LogP contribution in [0, 0.1) is 26.7 Å². The van der Waals surface area contributed by atoms with Crippen LogP contribution in [0.4, 0.5) is 0 Å². The molecule has 0 radical (unpaired) electrons. The maximum Gasteiger partial charge on any atom is 0.141 e. The van der Waals surface area contributed by atoms with E-state index in [2.05, 4.69) is 104 Å². The van der Waals surface area contributed by atoms with Crippen molar-refractivity contribution in [1.82, 2.24) is 14.9 Å². The van der Waals surface area contributed by atoms with Gasteiger partial charge in [0.25, 0.3) is 0 Å². The topological polar surface area (TPSA) is 29.9 Å². The number of nitrogens with one attached hydrogen (secondary N) is 1. The van der Waals surface area contributed by atoms with Crippen molar-refractivity contribution in [3.8, 4) is 0 Å². The summed E-state index contributed by atoms with van der Waals surface area (Å²) in [4.78, 5) is 5.01. The minimum atomic E-state index is 0.349. The third-order valence-corrected chi connectivity index (χ3v) is 8.80. The molecule has 0 aliphatic heterocycles. The molecule has 3 nitrogen and oxygen atoms in total. The lowest BCUT2D eigenvalue weighted by Crippen LogP contribution is -2.31. The van der Waals surface area contributed by atoms with Crippen molar-refractivity contribution in [2.24, 2.45) is 5.92 Å². The summed E-state index contributed by atoms with van der Waals surface area (Å²) in [6, 6.07) is 20.3. The number of pyridine rings is 1. The van der Waals surface area contributed by atoms with Gasteiger partial charge in [0, 0.05) is 46.4 Å². The molecule has 1 unspecified atom stereocenters. The highest BCUT2D eigenvalue weighted by atomic mass is 15.0. The Hall–Kier alpha value is -3.59. The number of nitrogens with zero attached hydrogens (tertiary/aromatic N) is 2. The number of rotatable bonds is 8. The lowest BCUT2D eigenvalue weighted by Gasteiger charge is -2.27. The van der Waals surface area contributed by atoms with Gasteiger partial charge in [0.2, 0.25) is 0 Å². The van der Waals surface area contributed by atoms with Crippen LogP contribution in [0.15, 0.2) is 66.9 Å². The van der Waals surface area contributed by atoms with Crippen LogP contribution in [-0.4, -0.2) is 9.55 Å². The first-order valence-corrected chi connectivity index (χ1v) is 14.7. The van der Waals surface area contributed by atoms with E-state index in [0.717, 1.165) is 43.0 Å². The summed E-state index contributed by atoms with van der Waals surface area (Å²) in [5, 5.41) is 7.73. The maximum atomic E-state index is 5.01. The predicted octanol–water partition coefficient (Wildman–Crippen LogP) is 6.94. The van der Waals surface area contributed by atoms with Crippen LogP contribution in [0.1, 0.15) is 78.0 Å². The van der Waals surface area contributed by atoms with Crippen molar-refractivity contribution in [3.05, 3.63) is 111 Å². The number of benzene rings is 2. The normalized spacial score (nSPS) is 16.0. The Kier molecular flexibility index (Phi) is 7.16. The Morgan fingerprint density at radius 3 is 2.51 bits per heavy atom. The van der Waals surface area contributed by atoms with Crippen LogP contribution in [0.5, 0.6) is 0 Å². The van der Waals surface area contributed by atoms with Gasteiger partial charge < -0.3 is 9.88 Å². The van der Waals surface area contributed by atoms with E-state index in [1.807, 2.05) is 0 Å². The lowest BCUT2D eigenvalue weighted by atomic mass is 9.82. The first-order chi connectivity index (χ1) is 19.0. The van der Waals surface area contributed by atoms with Gasteiger partial charge in [-0.3, -0.25) is 0 Å². The summed E-state index contributed by atoms with van der Waals surface area (Å²) in [5.41, 5.74) is 10.0. The Morgan fingerprint density at radius 1 is 0.974 bits per heavy atom. The smallest absolute Gasteiger partial charge is 0.141 e. The van der Waals surface area contributed by atoms with Crippen molar-refractivity contribution < 1.29 is 0 Å². The second-order valence-corrected chi connectivity index (χ2v) is 11.8. The zero-order valence-electron chi connectivity index (χ0n) is 23.8. The molecule has 2 aromatic carbocycles. The first-order valence-electron chi connectivity index (χ1n) is 14.7. The molecule has 2 aliphatic carbocycles. The minimum absolute atomic E-state index is 0.349. The zero-order chi connectivity index (χ0) is 26.9. The molecule has 2 aromatic heterocycles. The number of aromatic nitrogens is 2. The standard InChI is InChI=1S/C36H41N3/c1-24-10-9-11-29(20-24)22-37-27(4)35(30-12-5-6-13-30)31-18-16-28(17-19-31)23-39-33-15-8-7-14-32(33)34-25(2)21-26(3)38-36(34)39/h9-11,14-21,30,35,37H,4-8,12-13,22-23H2,1-3H3. The summed E-state index contributed by atoms with van der Waals surface area (Å²) in [5.74, 6) is 1.01. The zero-order valence-corrected chi connectivity index (χ0v) is 23.8. The molecule has 0 saturated heterocycles. The van der Waals surface area contributed by atoms with E-state index in [1.54, 1.807) is 0 Å². The second-order valence-electron chi connectivity index (χ2n) is 11.8. The number of hydrogen-bond donors (Lipinski definition) is 1. The lowest BCUT2D eigenvalue weighted by molar-refractivity contribution is 0.457. The molecule has 1 N–H and O–H groups in total. The molecule has 1 atom stereocenters. The average molecular weight is 516 g/mol. The largest absolute Gasteiger partial charge is 0.384 e. The van der Waals surface area contributed by atoms with Crippen LogP contribution < -0.4 is 15.9 Å². The van der Waals surface area contributed by atoms with Crippen molar-refractivity contribution in [2.45, 2.75) is 78.3 Å². The molecule has 2 heterocycles. The molecular formula is C36H41N3. The van der Waals surface area contributed by atoms with E-state index in [0.29, 0.717) is 11.8 Å². The van der Waals surface area contributed by atoms with Crippen LogP contribution in [0.3, 0.4) is 0 Å². The van der Waals surface area contributed by atoms with Gasteiger partial charge in [0.15, 0.2) is 0 Å². The monoisotopic (exact) mass is 515 g/mol. The van der Waals surface area contributed by atoms with Gasteiger partial charge in [0.1, 0.15) is 5.65 Å². The molecular weight excluding hydrogens is 474 g/mol. The highest BCUT2D eigenvalue weighted by Crippen LogP contribution is 2.40. The quantitative estimate of drug-likeness (QED) is 0.275.